The number of thioether (sulfide) groups is 1. The van der Waals surface area contributed by atoms with Gasteiger partial charge in [-0.3, -0.25) is 4.99 Å². The molecule has 172 valence electrons. The molecule has 2 N–H and O–H groups in total. The van der Waals surface area contributed by atoms with E-state index in [4.69, 9.17) is 9.73 Å². The summed E-state index contributed by atoms with van der Waals surface area (Å²) in [6.07, 6.45) is 1.26. The summed E-state index contributed by atoms with van der Waals surface area (Å²) >= 11 is 1.83. The third kappa shape index (κ3) is 8.45. The molecule has 9 heteroatoms. The SMILES string of the molecule is CCNC(=NCC1(c2cccc(C(F)(F)F)c2)CCOCC1)NCCCCSC.I. The molecule has 1 heterocycles. The van der Waals surface area contributed by atoms with Crippen molar-refractivity contribution >= 4 is 41.7 Å². The van der Waals surface area contributed by atoms with Crippen molar-refractivity contribution in [3.05, 3.63) is 35.4 Å². The quantitative estimate of drug-likeness (QED) is 0.192. The average Bonchev–Trinajstić information content (AvgIpc) is 2.72. The number of unbranched alkanes of at least 4 members (excludes halogenated alkanes) is 1. The van der Waals surface area contributed by atoms with Crippen LogP contribution in [0.3, 0.4) is 0 Å². The van der Waals surface area contributed by atoms with Gasteiger partial charge in [-0.1, -0.05) is 18.2 Å². The zero-order chi connectivity index (χ0) is 21.2. The number of rotatable bonds is 9. The first-order chi connectivity index (χ1) is 13.9. The van der Waals surface area contributed by atoms with Gasteiger partial charge in [0.05, 0.1) is 12.1 Å². The molecule has 0 atom stereocenters. The molecule has 0 radical (unpaired) electrons. The Hall–Kier alpha value is -0.680. The van der Waals surface area contributed by atoms with Gasteiger partial charge in [0.25, 0.3) is 0 Å². The second-order valence-corrected chi connectivity index (χ2v) is 8.28. The van der Waals surface area contributed by atoms with Gasteiger partial charge in [0.1, 0.15) is 0 Å². The van der Waals surface area contributed by atoms with Gasteiger partial charge >= 0.3 is 6.18 Å². The van der Waals surface area contributed by atoms with Crippen molar-refractivity contribution in [2.75, 3.05) is 44.9 Å². The molecule has 2 rings (SSSR count). The topological polar surface area (TPSA) is 45.7 Å². The van der Waals surface area contributed by atoms with Crippen LogP contribution in [0.5, 0.6) is 0 Å². The number of aliphatic imine (C=N–C) groups is 1. The van der Waals surface area contributed by atoms with E-state index in [0.717, 1.165) is 43.7 Å². The Bertz CT molecular complexity index is 653. The third-order valence-electron chi connectivity index (χ3n) is 5.20. The summed E-state index contributed by atoms with van der Waals surface area (Å²) in [7, 11) is 0. The van der Waals surface area contributed by atoms with E-state index >= 15 is 0 Å². The molecule has 0 aliphatic carbocycles. The zero-order valence-corrected chi connectivity index (χ0v) is 20.8. The van der Waals surface area contributed by atoms with Crippen LogP contribution in [0.2, 0.25) is 0 Å². The fourth-order valence-corrected chi connectivity index (χ4v) is 3.97. The summed E-state index contributed by atoms with van der Waals surface area (Å²) in [6.45, 7) is 5.05. The molecule has 4 nitrogen and oxygen atoms in total. The fraction of sp³-hybridized carbons (Fsp3) is 0.667. The van der Waals surface area contributed by atoms with Crippen LogP contribution in [0.25, 0.3) is 0 Å². The normalized spacial score (nSPS) is 16.6. The summed E-state index contributed by atoms with van der Waals surface area (Å²) in [4.78, 5) is 4.75. The monoisotopic (exact) mass is 559 g/mol. The lowest BCUT2D eigenvalue weighted by atomic mass is 9.74. The van der Waals surface area contributed by atoms with Gasteiger partial charge in [-0.15, -0.1) is 24.0 Å². The van der Waals surface area contributed by atoms with Crippen molar-refractivity contribution in [3.63, 3.8) is 0 Å². The molecular formula is C21H33F3IN3OS. The van der Waals surface area contributed by atoms with Crippen molar-refractivity contribution in [2.24, 2.45) is 4.99 Å². The standard InChI is InChI=1S/C21H32F3N3OS.HI/c1-3-25-19(26-11-4-5-14-29-2)27-16-20(9-12-28-13-10-20)17-7-6-8-18(15-17)21(22,23)24;/h6-8,15H,3-5,9-14,16H2,1-2H3,(H2,25,26,27);1H. The van der Waals surface area contributed by atoms with E-state index in [0.29, 0.717) is 38.2 Å². The molecular weight excluding hydrogens is 526 g/mol. The molecule has 1 aromatic carbocycles. The van der Waals surface area contributed by atoms with Crippen LogP contribution in [-0.2, 0) is 16.3 Å². The summed E-state index contributed by atoms with van der Waals surface area (Å²) < 4.78 is 45.2. The summed E-state index contributed by atoms with van der Waals surface area (Å²) in [5.41, 5.74) is -0.361. The maximum Gasteiger partial charge on any atom is 0.416 e. The number of nitrogens with one attached hydrogen (secondary N) is 2. The van der Waals surface area contributed by atoms with E-state index in [1.807, 2.05) is 18.7 Å². The Morgan fingerprint density at radius 3 is 2.57 bits per heavy atom. The van der Waals surface area contributed by atoms with E-state index in [1.165, 1.54) is 12.1 Å². The van der Waals surface area contributed by atoms with Crippen LogP contribution in [0.15, 0.2) is 29.3 Å². The van der Waals surface area contributed by atoms with Crippen LogP contribution in [0.1, 0.15) is 43.7 Å². The van der Waals surface area contributed by atoms with E-state index in [-0.39, 0.29) is 24.0 Å². The molecule has 0 unspecified atom stereocenters. The highest BCUT2D eigenvalue weighted by molar-refractivity contribution is 14.0. The van der Waals surface area contributed by atoms with Crippen LogP contribution in [-0.4, -0.2) is 50.8 Å². The fourth-order valence-electron chi connectivity index (χ4n) is 3.48. The van der Waals surface area contributed by atoms with Gasteiger partial charge in [0, 0.05) is 31.7 Å². The minimum Gasteiger partial charge on any atom is -0.381 e. The number of hydrogen-bond acceptors (Lipinski definition) is 3. The molecule has 1 aliphatic rings. The van der Waals surface area contributed by atoms with Crippen molar-refractivity contribution in [1.82, 2.24) is 10.6 Å². The molecule has 0 aromatic heterocycles. The number of ether oxygens (including phenoxy) is 1. The molecule has 0 spiro atoms. The maximum atomic E-state index is 13.2. The molecule has 1 aromatic rings. The van der Waals surface area contributed by atoms with Crippen LogP contribution in [0, 0.1) is 0 Å². The van der Waals surface area contributed by atoms with E-state index in [2.05, 4.69) is 16.9 Å². The Labute approximate surface area is 199 Å². The number of hydrogen-bond donors (Lipinski definition) is 2. The predicted octanol–water partition coefficient (Wildman–Crippen LogP) is 5.07. The number of halogens is 4. The molecule has 0 bridgehead atoms. The van der Waals surface area contributed by atoms with E-state index < -0.39 is 17.2 Å². The first kappa shape index (κ1) is 27.4. The molecule has 1 aliphatic heterocycles. The number of guanidine groups is 1. The summed E-state index contributed by atoms with van der Waals surface area (Å²) in [5.74, 6) is 1.85. The summed E-state index contributed by atoms with van der Waals surface area (Å²) in [6, 6.07) is 5.69. The van der Waals surface area contributed by atoms with Crippen LogP contribution < -0.4 is 10.6 Å². The molecule has 0 amide bonds. The highest BCUT2D eigenvalue weighted by atomic mass is 127. The first-order valence-corrected chi connectivity index (χ1v) is 11.6. The van der Waals surface area contributed by atoms with Gasteiger partial charge < -0.3 is 15.4 Å². The summed E-state index contributed by atoms with van der Waals surface area (Å²) in [5, 5.41) is 6.58. The maximum absolute atomic E-state index is 13.2. The van der Waals surface area contributed by atoms with Crippen molar-refractivity contribution in [3.8, 4) is 0 Å². The number of benzene rings is 1. The van der Waals surface area contributed by atoms with Gasteiger partial charge in [-0.05, 0) is 56.2 Å². The second-order valence-electron chi connectivity index (χ2n) is 7.29. The second kappa shape index (κ2) is 13.7. The van der Waals surface area contributed by atoms with E-state index in [1.54, 1.807) is 6.07 Å². The molecule has 0 saturated carbocycles. The average molecular weight is 559 g/mol. The van der Waals surface area contributed by atoms with Gasteiger partial charge in [0.2, 0.25) is 0 Å². The predicted molar refractivity (Wildman–Crippen MR) is 130 cm³/mol. The van der Waals surface area contributed by atoms with E-state index in [9.17, 15) is 13.2 Å². The molecule has 1 saturated heterocycles. The minimum atomic E-state index is -4.35. The Kier molecular flexibility index (Phi) is 12.5. The van der Waals surface area contributed by atoms with Crippen LogP contribution >= 0.6 is 35.7 Å². The number of nitrogens with zero attached hydrogens (tertiary/aromatic N) is 1. The van der Waals surface area contributed by atoms with Crippen molar-refractivity contribution < 1.29 is 17.9 Å². The highest BCUT2D eigenvalue weighted by Crippen LogP contribution is 2.38. The highest BCUT2D eigenvalue weighted by Gasteiger charge is 2.37. The molecule has 1 fully saturated rings. The lowest BCUT2D eigenvalue weighted by molar-refractivity contribution is -0.137. The Balaban J connectivity index is 0.00000450. The largest absolute Gasteiger partial charge is 0.416 e. The van der Waals surface area contributed by atoms with Gasteiger partial charge in [0.15, 0.2) is 5.96 Å². The molecule has 30 heavy (non-hydrogen) atoms. The van der Waals surface area contributed by atoms with Gasteiger partial charge in [-0.2, -0.15) is 24.9 Å². The Morgan fingerprint density at radius 1 is 1.20 bits per heavy atom. The third-order valence-corrected chi connectivity index (χ3v) is 5.90. The van der Waals surface area contributed by atoms with Gasteiger partial charge in [-0.25, -0.2) is 0 Å². The minimum absolute atomic E-state index is 0. The van der Waals surface area contributed by atoms with Crippen LogP contribution in [0.4, 0.5) is 13.2 Å². The van der Waals surface area contributed by atoms with Crippen molar-refractivity contribution in [1.29, 1.82) is 0 Å². The zero-order valence-electron chi connectivity index (χ0n) is 17.7. The van der Waals surface area contributed by atoms with Crippen molar-refractivity contribution in [2.45, 2.75) is 44.2 Å². The number of alkyl halides is 3. The lowest BCUT2D eigenvalue weighted by Crippen LogP contribution is -2.41. The lowest BCUT2D eigenvalue weighted by Gasteiger charge is -2.37. The smallest absolute Gasteiger partial charge is 0.381 e. The first-order valence-electron chi connectivity index (χ1n) is 10.2. The Morgan fingerprint density at radius 2 is 1.93 bits per heavy atom.